The number of H-pyrrole nitrogens is 1. The second kappa shape index (κ2) is 6.37. The van der Waals surface area contributed by atoms with Gasteiger partial charge in [-0.15, -0.1) is 0 Å². The number of rotatable bonds is 6. The van der Waals surface area contributed by atoms with E-state index in [1.54, 1.807) is 18.5 Å². The van der Waals surface area contributed by atoms with Gasteiger partial charge < -0.3 is 15.0 Å². The van der Waals surface area contributed by atoms with Crippen molar-refractivity contribution in [2.24, 2.45) is 0 Å². The first-order valence-electron chi connectivity index (χ1n) is 5.91. The van der Waals surface area contributed by atoms with Gasteiger partial charge in [-0.25, -0.2) is 0 Å². The molecule has 1 heterocycles. The Morgan fingerprint density at radius 2 is 2.25 bits per heavy atom. The van der Waals surface area contributed by atoms with Crippen molar-refractivity contribution < 1.29 is 14.5 Å². The number of nitrogens with zero attached hydrogens (tertiary/aromatic N) is 1. The third kappa shape index (κ3) is 3.84. The molecule has 1 amide bonds. The minimum atomic E-state index is -0.515. The molecule has 2 N–H and O–H groups in total. The smallest absolute Gasteiger partial charge is 0.273 e. The highest BCUT2D eigenvalue weighted by Gasteiger charge is 2.08. The molecule has 0 aliphatic rings. The number of hydrogen-bond acceptors (Lipinski definition) is 4. The van der Waals surface area contributed by atoms with Gasteiger partial charge in [0.2, 0.25) is 0 Å². The van der Waals surface area contributed by atoms with Crippen LogP contribution in [-0.4, -0.2) is 22.4 Å². The first kappa shape index (κ1) is 13.6. The average molecular weight is 275 g/mol. The third-order valence-electron chi connectivity index (χ3n) is 2.55. The summed E-state index contributed by atoms with van der Waals surface area (Å²) in [5.74, 6) is -0.00583. The predicted octanol–water partition coefficient (Wildman–Crippen LogP) is 1.62. The molecular weight excluding hydrogens is 262 g/mol. The maximum Gasteiger partial charge on any atom is 0.273 e. The van der Waals surface area contributed by atoms with E-state index in [4.69, 9.17) is 4.74 Å². The number of benzene rings is 1. The number of amides is 1. The number of carbonyl (C=O) groups is 1. The highest BCUT2D eigenvalue weighted by atomic mass is 16.6. The Kier molecular flexibility index (Phi) is 4.33. The van der Waals surface area contributed by atoms with Crippen LogP contribution in [0.5, 0.6) is 5.75 Å². The molecule has 1 aromatic heterocycles. The van der Waals surface area contributed by atoms with Gasteiger partial charge in [0.15, 0.2) is 6.61 Å². The number of nitro groups is 1. The number of carbonyl (C=O) groups excluding carboxylic acids is 1. The van der Waals surface area contributed by atoms with E-state index in [2.05, 4.69) is 10.3 Å². The molecular formula is C13H13N3O4. The van der Waals surface area contributed by atoms with E-state index in [1.807, 2.05) is 6.07 Å². The normalized spacial score (nSPS) is 10.0. The highest BCUT2D eigenvalue weighted by molar-refractivity contribution is 5.77. The molecule has 0 atom stereocenters. The minimum absolute atomic E-state index is 0.0739. The molecule has 0 aliphatic carbocycles. The molecule has 2 rings (SSSR count). The van der Waals surface area contributed by atoms with E-state index in [9.17, 15) is 14.9 Å². The van der Waals surface area contributed by atoms with Gasteiger partial charge in [-0.05, 0) is 17.7 Å². The topological polar surface area (TPSA) is 97.3 Å². The molecule has 0 unspecified atom stereocenters. The summed E-state index contributed by atoms with van der Waals surface area (Å²) < 4.78 is 5.20. The second-order valence-electron chi connectivity index (χ2n) is 4.04. The SMILES string of the molecule is O=C(COc1cccc([N+](=O)[O-])c1)NCc1cc[nH]c1. The zero-order chi connectivity index (χ0) is 14.4. The molecule has 0 spiro atoms. The Bertz CT molecular complexity index is 595. The standard InChI is InChI=1S/C13H13N3O4/c17-13(15-8-10-4-5-14-7-10)9-20-12-3-1-2-11(6-12)16(18)19/h1-7,14H,8-9H2,(H,15,17). The number of non-ortho nitro benzene ring substituents is 1. The molecule has 7 nitrogen and oxygen atoms in total. The fourth-order valence-corrected chi connectivity index (χ4v) is 1.56. The summed E-state index contributed by atoms with van der Waals surface area (Å²) in [6, 6.07) is 7.55. The van der Waals surface area contributed by atoms with Gasteiger partial charge in [0, 0.05) is 25.0 Å². The number of nitro benzene ring substituents is 1. The second-order valence-corrected chi connectivity index (χ2v) is 4.04. The summed E-state index contributed by atoms with van der Waals surface area (Å²) >= 11 is 0. The summed E-state index contributed by atoms with van der Waals surface area (Å²) in [6.45, 7) is 0.215. The van der Waals surface area contributed by atoms with Crippen LogP contribution in [0.4, 0.5) is 5.69 Å². The average Bonchev–Trinajstić information content (AvgIpc) is 2.96. The highest BCUT2D eigenvalue weighted by Crippen LogP contribution is 2.18. The monoisotopic (exact) mass is 275 g/mol. The lowest BCUT2D eigenvalue weighted by Gasteiger charge is -2.06. The molecule has 0 saturated heterocycles. The maximum atomic E-state index is 11.6. The quantitative estimate of drug-likeness (QED) is 0.618. The van der Waals surface area contributed by atoms with Crippen molar-refractivity contribution >= 4 is 11.6 Å². The van der Waals surface area contributed by atoms with Gasteiger partial charge in [0.1, 0.15) is 5.75 Å². The van der Waals surface area contributed by atoms with Crippen molar-refractivity contribution in [2.45, 2.75) is 6.54 Å². The van der Waals surface area contributed by atoms with Crippen molar-refractivity contribution in [3.63, 3.8) is 0 Å². The van der Waals surface area contributed by atoms with Crippen LogP contribution in [0.25, 0.3) is 0 Å². The molecule has 0 radical (unpaired) electrons. The van der Waals surface area contributed by atoms with Crippen molar-refractivity contribution in [1.82, 2.24) is 10.3 Å². The third-order valence-corrected chi connectivity index (χ3v) is 2.55. The van der Waals surface area contributed by atoms with Crippen LogP contribution in [0.15, 0.2) is 42.7 Å². The van der Waals surface area contributed by atoms with E-state index in [0.29, 0.717) is 6.54 Å². The Morgan fingerprint density at radius 3 is 2.95 bits per heavy atom. The molecule has 2 aromatic rings. The molecule has 20 heavy (non-hydrogen) atoms. The lowest BCUT2D eigenvalue weighted by molar-refractivity contribution is -0.384. The Morgan fingerprint density at radius 1 is 1.40 bits per heavy atom. The largest absolute Gasteiger partial charge is 0.484 e. The number of hydrogen-bond donors (Lipinski definition) is 2. The lowest BCUT2D eigenvalue weighted by Crippen LogP contribution is -2.28. The summed E-state index contributed by atoms with van der Waals surface area (Å²) in [4.78, 5) is 24.5. The van der Waals surface area contributed by atoms with Gasteiger partial charge in [0.05, 0.1) is 11.0 Å². The van der Waals surface area contributed by atoms with Crippen molar-refractivity contribution in [3.05, 3.63) is 58.4 Å². The fraction of sp³-hybridized carbons (Fsp3) is 0.154. The molecule has 7 heteroatoms. The molecule has 104 valence electrons. The van der Waals surface area contributed by atoms with E-state index in [0.717, 1.165) is 5.56 Å². The van der Waals surface area contributed by atoms with Crippen LogP contribution in [-0.2, 0) is 11.3 Å². The van der Waals surface area contributed by atoms with Crippen LogP contribution < -0.4 is 10.1 Å². The van der Waals surface area contributed by atoms with Crippen LogP contribution >= 0.6 is 0 Å². The van der Waals surface area contributed by atoms with Gasteiger partial charge in [-0.1, -0.05) is 6.07 Å². The van der Waals surface area contributed by atoms with Crippen molar-refractivity contribution in [2.75, 3.05) is 6.61 Å². The molecule has 0 aliphatic heterocycles. The van der Waals surface area contributed by atoms with Gasteiger partial charge in [-0.3, -0.25) is 14.9 Å². The number of nitrogens with one attached hydrogen (secondary N) is 2. The van der Waals surface area contributed by atoms with Crippen LogP contribution in [0.1, 0.15) is 5.56 Å². The predicted molar refractivity (Wildman–Crippen MR) is 71.2 cm³/mol. The van der Waals surface area contributed by atoms with Crippen LogP contribution in [0, 0.1) is 10.1 Å². The summed E-state index contributed by atoms with van der Waals surface area (Å²) in [5.41, 5.74) is 0.879. The lowest BCUT2D eigenvalue weighted by atomic mass is 10.3. The Hall–Kier alpha value is -2.83. The summed E-state index contributed by atoms with van der Waals surface area (Å²) in [7, 11) is 0. The van der Waals surface area contributed by atoms with Crippen molar-refractivity contribution in [1.29, 1.82) is 0 Å². The molecule has 1 aromatic carbocycles. The van der Waals surface area contributed by atoms with E-state index in [-0.39, 0.29) is 24.0 Å². The summed E-state index contributed by atoms with van der Waals surface area (Å²) in [6.07, 6.45) is 3.54. The van der Waals surface area contributed by atoms with Crippen LogP contribution in [0.3, 0.4) is 0 Å². The number of ether oxygens (including phenoxy) is 1. The first-order chi connectivity index (χ1) is 9.65. The zero-order valence-electron chi connectivity index (χ0n) is 10.5. The first-order valence-corrected chi connectivity index (χ1v) is 5.91. The number of aromatic nitrogens is 1. The van der Waals surface area contributed by atoms with Crippen LogP contribution in [0.2, 0.25) is 0 Å². The van der Waals surface area contributed by atoms with Gasteiger partial charge >= 0.3 is 0 Å². The van der Waals surface area contributed by atoms with Gasteiger partial charge in [0.25, 0.3) is 11.6 Å². The molecule has 0 fully saturated rings. The van der Waals surface area contributed by atoms with E-state index in [1.165, 1.54) is 18.2 Å². The van der Waals surface area contributed by atoms with E-state index >= 15 is 0 Å². The fourth-order valence-electron chi connectivity index (χ4n) is 1.56. The Balaban J connectivity index is 1.81. The minimum Gasteiger partial charge on any atom is -0.484 e. The zero-order valence-corrected chi connectivity index (χ0v) is 10.5. The molecule has 0 bridgehead atoms. The number of aromatic amines is 1. The van der Waals surface area contributed by atoms with Crippen molar-refractivity contribution in [3.8, 4) is 5.75 Å². The van der Waals surface area contributed by atoms with E-state index < -0.39 is 4.92 Å². The molecule has 0 saturated carbocycles. The maximum absolute atomic E-state index is 11.6. The van der Waals surface area contributed by atoms with Gasteiger partial charge in [-0.2, -0.15) is 0 Å². The summed E-state index contributed by atoms with van der Waals surface area (Å²) in [5, 5.41) is 13.3. The Labute approximate surface area is 114 Å².